The predicted molar refractivity (Wildman–Crippen MR) is 96.6 cm³/mol. The van der Waals surface area contributed by atoms with Crippen LogP contribution in [0.5, 0.6) is 0 Å². The minimum atomic E-state index is -0.319. The number of thioether (sulfide) groups is 1. The van der Waals surface area contributed by atoms with Crippen LogP contribution in [0.4, 0.5) is 5.69 Å². The first kappa shape index (κ1) is 19.2. The van der Waals surface area contributed by atoms with Crippen LogP contribution in [0.2, 0.25) is 5.02 Å². The maximum absolute atomic E-state index is 12.2. The predicted octanol–water partition coefficient (Wildman–Crippen LogP) is 2.10. The number of nitrogens with one attached hydrogen (secondary N) is 1. The summed E-state index contributed by atoms with van der Waals surface area (Å²) in [6, 6.07) is 7.03. The Morgan fingerprint density at radius 1 is 1.36 bits per heavy atom. The van der Waals surface area contributed by atoms with E-state index >= 15 is 0 Å². The lowest BCUT2D eigenvalue weighted by Gasteiger charge is -2.17. The molecule has 0 unspecified atom stereocenters. The molecule has 1 heterocycles. The molecule has 134 valence electrons. The molecular weight excluding hydrogens is 364 g/mol. The lowest BCUT2D eigenvalue weighted by atomic mass is 10.3. The van der Waals surface area contributed by atoms with Crippen molar-refractivity contribution in [1.82, 2.24) is 25.1 Å². The van der Waals surface area contributed by atoms with Gasteiger partial charge >= 0.3 is 0 Å². The molecule has 25 heavy (non-hydrogen) atoms. The highest BCUT2D eigenvalue weighted by Crippen LogP contribution is 2.20. The van der Waals surface area contributed by atoms with Gasteiger partial charge in [-0.1, -0.05) is 35.5 Å². The van der Waals surface area contributed by atoms with Crippen molar-refractivity contribution in [2.45, 2.75) is 25.0 Å². The molecule has 1 N–H and O–H groups in total. The summed E-state index contributed by atoms with van der Waals surface area (Å²) in [5, 5.41) is 15.1. The molecule has 0 aliphatic rings. The Balaban J connectivity index is 1.84. The SMILES string of the molecule is CC(C)n1nnnc1SCC(=O)N(C)CC(=O)Nc1ccccc1Cl. The second-order valence-electron chi connectivity index (χ2n) is 5.57. The minimum absolute atomic E-state index is 0.0697. The molecule has 0 fully saturated rings. The van der Waals surface area contributed by atoms with Gasteiger partial charge in [0, 0.05) is 7.05 Å². The van der Waals surface area contributed by atoms with Gasteiger partial charge in [0.15, 0.2) is 0 Å². The molecule has 1 aromatic carbocycles. The van der Waals surface area contributed by atoms with Crippen molar-refractivity contribution in [3.63, 3.8) is 0 Å². The second kappa shape index (κ2) is 8.82. The van der Waals surface area contributed by atoms with Crippen LogP contribution in [0, 0.1) is 0 Å². The van der Waals surface area contributed by atoms with E-state index in [-0.39, 0.29) is 30.2 Å². The maximum Gasteiger partial charge on any atom is 0.244 e. The summed E-state index contributed by atoms with van der Waals surface area (Å²) in [4.78, 5) is 25.6. The molecule has 2 rings (SSSR count). The number of aromatic nitrogens is 4. The van der Waals surface area contributed by atoms with E-state index in [2.05, 4.69) is 20.8 Å². The fraction of sp³-hybridized carbons (Fsp3) is 0.400. The van der Waals surface area contributed by atoms with Gasteiger partial charge in [-0.15, -0.1) is 5.10 Å². The van der Waals surface area contributed by atoms with E-state index in [1.165, 1.54) is 16.7 Å². The molecule has 0 spiro atoms. The number of carbonyl (C=O) groups excluding carboxylic acids is 2. The topological polar surface area (TPSA) is 93.0 Å². The van der Waals surface area contributed by atoms with E-state index in [1.54, 1.807) is 36.0 Å². The third-order valence-electron chi connectivity index (χ3n) is 3.23. The Morgan fingerprint density at radius 3 is 2.76 bits per heavy atom. The number of likely N-dealkylation sites (N-methyl/N-ethyl adjacent to an activating group) is 1. The fourth-order valence-corrected chi connectivity index (χ4v) is 3.03. The van der Waals surface area contributed by atoms with Gasteiger partial charge in [0.2, 0.25) is 17.0 Å². The minimum Gasteiger partial charge on any atom is -0.336 e. The lowest BCUT2D eigenvalue weighted by molar-refractivity contribution is -0.131. The third kappa shape index (κ3) is 5.43. The highest BCUT2D eigenvalue weighted by molar-refractivity contribution is 7.99. The van der Waals surface area contributed by atoms with Crippen molar-refractivity contribution in [3.05, 3.63) is 29.3 Å². The van der Waals surface area contributed by atoms with Crippen molar-refractivity contribution in [2.24, 2.45) is 0 Å². The summed E-state index contributed by atoms with van der Waals surface area (Å²) in [6.07, 6.45) is 0. The zero-order valence-electron chi connectivity index (χ0n) is 14.1. The Bertz CT molecular complexity index is 751. The number of anilines is 1. The second-order valence-corrected chi connectivity index (χ2v) is 6.92. The van der Waals surface area contributed by atoms with Crippen molar-refractivity contribution >= 4 is 40.9 Å². The van der Waals surface area contributed by atoms with Gasteiger partial charge in [0.05, 0.1) is 29.0 Å². The van der Waals surface area contributed by atoms with Crippen LogP contribution in [-0.4, -0.2) is 56.3 Å². The zero-order chi connectivity index (χ0) is 18.4. The number of carbonyl (C=O) groups is 2. The Labute approximate surface area is 154 Å². The Hall–Kier alpha value is -2.13. The van der Waals surface area contributed by atoms with Crippen LogP contribution in [-0.2, 0) is 9.59 Å². The Morgan fingerprint density at radius 2 is 2.08 bits per heavy atom. The number of hydrogen-bond donors (Lipinski definition) is 1. The lowest BCUT2D eigenvalue weighted by Crippen LogP contribution is -2.36. The fourth-order valence-electron chi connectivity index (χ4n) is 1.90. The number of halogens is 1. The molecule has 10 heteroatoms. The van der Waals surface area contributed by atoms with Crippen LogP contribution in [0.1, 0.15) is 19.9 Å². The standard InChI is InChI=1S/C15H19ClN6O2S/c1-10(2)22-15(18-19-20-22)25-9-14(24)21(3)8-13(23)17-12-7-5-4-6-11(12)16/h4-7,10H,8-9H2,1-3H3,(H,17,23). The van der Waals surface area contributed by atoms with Crippen LogP contribution in [0.3, 0.4) is 0 Å². The quantitative estimate of drug-likeness (QED) is 0.737. The highest BCUT2D eigenvalue weighted by Gasteiger charge is 2.17. The molecule has 0 aliphatic carbocycles. The van der Waals surface area contributed by atoms with E-state index in [9.17, 15) is 9.59 Å². The summed E-state index contributed by atoms with van der Waals surface area (Å²) in [5.74, 6) is -0.373. The first-order valence-corrected chi connectivity index (χ1v) is 8.94. The molecule has 0 bridgehead atoms. The van der Waals surface area contributed by atoms with E-state index < -0.39 is 0 Å². The smallest absolute Gasteiger partial charge is 0.244 e. The summed E-state index contributed by atoms with van der Waals surface area (Å²) >= 11 is 7.23. The number of benzene rings is 1. The molecule has 0 aliphatic heterocycles. The maximum atomic E-state index is 12.2. The van der Waals surface area contributed by atoms with Crippen molar-refractivity contribution in [1.29, 1.82) is 0 Å². The number of rotatable bonds is 7. The first-order valence-electron chi connectivity index (χ1n) is 7.57. The Kier molecular flexibility index (Phi) is 6.77. The van der Waals surface area contributed by atoms with Crippen molar-refractivity contribution in [3.8, 4) is 0 Å². The van der Waals surface area contributed by atoms with Gasteiger partial charge in [0.25, 0.3) is 0 Å². The first-order chi connectivity index (χ1) is 11.9. The molecule has 2 amide bonds. The number of para-hydroxylation sites is 1. The molecular formula is C15H19ClN6O2S. The summed E-state index contributed by atoms with van der Waals surface area (Å²) in [7, 11) is 1.57. The van der Waals surface area contributed by atoms with E-state index in [1.807, 2.05) is 13.8 Å². The van der Waals surface area contributed by atoms with Gasteiger partial charge in [0.1, 0.15) is 0 Å². The molecule has 0 saturated heterocycles. The highest BCUT2D eigenvalue weighted by atomic mass is 35.5. The summed E-state index contributed by atoms with van der Waals surface area (Å²) < 4.78 is 1.64. The average molecular weight is 383 g/mol. The van der Waals surface area contributed by atoms with Gasteiger partial charge in [-0.25, -0.2) is 4.68 Å². The van der Waals surface area contributed by atoms with Crippen LogP contribution in [0.15, 0.2) is 29.4 Å². The number of tetrazole rings is 1. The van der Waals surface area contributed by atoms with Crippen molar-refractivity contribution < 1.29 is 9.59 Å². The van der Waals surface area contributed by atoms with Crippen LogP contribution < -0.4 is 5.32 Å². The number of nitrogens with zero attached hydrogens (tertiary/aromatic N) is 5. The van der Waals surface area contributed by atoms with Gasteiger partial charge in [-0.2, -0.15) is 0 Å². The van der Waals surface area contributed by atoms with Crippen LogP contribution >= 0.6 is 23.4 Å². The zero-order valence-corrected chi connectivity index (χ0v) is 15.7. The van der Waals surface area contributed by atoms with Crippen LogP contribution in [0.25, 0.3) is 0 Å². The molecule has 0 radical (unpaired) electrons. The van der Waals surface area contributed by atoms with E-state index in [0.29, 0.717) is 15.9 Å². The van der Waals surface area contributed by atoms with Crippen molar-refractivity contribution in [2.75, 3.05) is 24.7 Å². The number of hydrogen-bond acceptors (Lipinski definition) is 6. The normalized spacial score (nSPS) is 10.8. The molecule has 8 nitrogen and oxygen atoms in total. The summed E-state index contributed by atoms with van der Waals surface area (Å²) in [6.45, 7) is 3.83. The average Bonchev–Trinajstić information content (AvgIpc) is 3.03. The van der Waals surface area contributed by atoms with Gasteiger partial charge < -0.3 is 10.2 Å². The molecule has 0 saturated carbocycles. The number of amides is 2. The third-order valence-corrected chi connectivity index (χ3v) is 4.48. The van der Waals surface area contributed by atoms with E-state index in [4.69, 9.17) is 11.6 Å². The molecule has 2 aromatic rings. The largest absolute Gasteiger partial charge is 0.336 e. The molecule has 0 atom stereocenters. The van der Waals surface area contributed by atoms with Gasteiger partial charge in [-0.3, -0.25) is 9.59 Å². The summed E-state index contributed by atoms with van der Waals surface area (Å²) in [5.41, 5.74) is 0.514. The van der Waals surface area contributed by atoms with E-state index in [0.717, 1.165) is 0 Å². The monoisotopic (exact) mass is 382 g/mol. The van der Waals surface area contributed by atoms with Gasteiger partial charge in [-0.05, 0) is 36.4 Å². The molecule has 1 aromatic heterocycles.